The Bertz CT molecular complexity index is 110. The standard InChI is InChI=1S/C8H17NO/c1-6(2)5-7(3)9-8(4)10/h6-7H,5H2,1-4H3,(H,9,10)/t7-/m1/s1. The Kier molecular flexibility index (Phi) is 4.08. The van der Waals surface area contributed by atoms with E-state index in [0.29, 0.717) is 12.0 Å². The molecule has 1 amide bonds. The maximum atomic E-state index is 10.5. The Morgan fingerprint density at radius 1 is 1.40 bits per heavy atom. The largest absolute Gasteiger partial charge is 0.354 e. The van der Waals surface area contributed by atoms with Gasteiger partial charge in [-0.15, -0.1) is 0 Å². The van der Waals surface area contributed by atoms with Crippen LogP contribution in [0.15, 0.2) is 0 Å². The summed E-state index contributed by atoms with van der Waals surface area (Å²) in [6, 6.07) is 0.317. The quantitative estimate of drug-likeness (QED) is 0.638. The summed E-state index contributed by atoms with van der Waals surface area (Å²) in [6.45, 7) is 7.88. The molecule has 2 heteroatoms. The molecule has 60 valence electrons. The third-order valence-corrected chi connectivity index (χ3v) is 1.27. The van der Waals surface area contributed by atoms with Crippen LogP contribution in [0.3, 0.4) is 0 Å². The first-order valence-corrected chi connectivity index (χ1v) is 3.79. The van der Waals surface area contributed by atoms with Gasteiger partial charge in [-0.05, 0) is 19.3 Å². The number of nitrogens with one attached hydrogen (secondary N) is 1. The van der Waals surface area contributed by atoms with Gasteiger partial charge in [-0.3, -0.25) is 4.79 Å². The van der Waals surface area contributed by atoms with E-state index in [1.807, 2.05) is 6.92 Å². The maximum Gasteiger partial charge on any atom is 0.217 e. The molecule has 10 heavy (non-hydrogen) atoms. The van der Waals surface area contributed by atoms with Gasteiger partial charge in [0.1, 0.15) is 0 Å². The van der Waals surface area contributed by atoms with E-state index in [9.17, 15) is 4.79 Å². The first-order valence-electron chi connectivity index (χ1n) is 3.79. The number of rotatable bonds is 3. The summed E-state index contributed by atoms with van der Waals surface area (Å²) in [5.74, 6) is 0.718. The molecule has 0 heterocycles. The first kappa shape index (κ1) is 9.47. The minimum absolute atomic E-state index is 0.0631. The lowest BCUT2D eigenvalue weighted by Crippen LogP contribution is -2.31. The lowest BCUT2D eigenvalue weighted by Gasteiger charge is -2.13. The highest BCUT2D eigenvalue weighted by molar-refractivity contribution is 5.73. The molecule has 0 aromatic carbocycles. The highest BCUT2D eigenvalue weighted by Gasteiger charge is 2.04. The van der Waals surface area contributed by atoms with Gasteiger partial charge >= 0.3 is 0 Å². The fraction of sp³-hybridized carbons (Fsp3) is 0.875. The summed E-state index contributed by atoms with van der Waals surface area (Å²) in [5, 5.41) is 2.84. The number of carbonyl (C=O) groups is 1. The Labute approximate surface area is 63.0 Å². The zero-order valence-electron chi connectivity index (χ0n) is 7.27. The van der Waals surface area contributed by atoms with Crippen LogP contribution in [0.5, 0.6) is 0 Å². The van der Waals surface area contributed by atoms with Crippen molar-refractivity contribution in [2.75, 3.05) is 0 Å². The van der Waals surface area contributed by atoms with Crippen molar-refractivity contribution in [3.63, 3.8) is 0 Å². The Balaban J connectivity index is 3.43. The molecule has 0 unspecified atom stereocenters. The van der Waals surface area contributed by atoms with Gasteiger partial charge in [-0.25, -0.2) is 0 Å². The van der Waals surface area contributed by atoms with Crippen LogP contribution in [0.25, 0.3) is 0 Å². The fourth-order valence-electron chi connectivity index (χ4n) is 1.11. The van der Waals surface area contributed by atoms with E-state index in [4.69, 9.17) is 0 Å². The summed E-state index contributed by atoms with van der Waals surface area (Å²) in [6.07, 6.45) is 1.06. The van der Waals surface area contributed by atoms with Crippen molar-refractivity contribution in [2.24, 2.45) is 5.92 Å². The van der Waals surface area contributed by atoms with Crippen LogP contribution < -0.4 is 5.32 Å². The zero-order valence-corrected chi connectivity index (χ0v) is 7.27. The van der Waals surface area contributed by atoms with Crippen molar-refractivity contribution >= 4 is 5.91 Å². The molecule has 1 atom stereocenters. The number of amides is 1. The maximum absolute atomic E-state index is 10.5. The monoisotopic (exact) mass is 143 g/mol. The van der Waals surface area contributed by atoms with E-state index in [2.05, 4.69) is 19.2 Å². The number of hydrogen-bond acceptors (Lipinski definition) is 1. The second-order valence-corrected chi connectivity index (χ2v) is 3.23. The molecule has 0 aliphatic rings. The van der Waals surface area contributed by atoms with Gasteiger partial charge < -0.3 is 5.32 Å². The predicted molar refractivity (Wildman–Crippen MR) is 42.7 cm³/mol. The third kappa shape index (κ3) is 5.60. The third-order valence-electron chi connectivity index (χ3n) is 1.27. The van der Waals surface area contributed by atoms with Crippen molar-refractivity contribution in [1.29, 1.82) is 0 Å². The van der Waals surface area contributed by atoms with Gasteiger partial charge in [0.05, 0.1) is 0 Å². The summed E-state index contributed by atoms with van der Waals surface area (Å²) in [7, 11) is 0. The van der Waals surface area contributed by atoms with Crippen LogP contribution in [0.2, 0.25) is 0 Å². The van der Waals surface area contributed by atoms with E-state index in [1.165, 1.54) is 0 Å². The summed E-state index contributed by atoms with van der Waals surface area (Å²) >= 11 is 0. The van der Waals surface area contributed by atoms with Gasteiger partial charge in [0.2, 0.25) is 5.91 Å². The smallest absolute Gasteiger partial charge is 0.217 e. The minimum Gasteiger partial charge on any atom is -0.354 e. The van der Waals surface area contributed by atoms with E-state index in [-0.39, 0.29) is 5.91 Å². The zero-order chi connectivity index (χ0) is 8.15. The van der Waals surface area contributed by atoms with Gasteiger partial charge in [0.15, 0.2) is 0 Å². The van der Waals surface area contributed by atoms with Gasteiger partial charge in [0.25, 0.3) is 0 Å². The molecule has 0 aromatic rings. The van der Waals surface area contributed by atoms with Crippen LogP contribution in [-0.2, 0) is 4.79 Å². The van der Waals surface area contributed by atoms with E-state index >= 15 is 0 Å². The lowest BCUT2D eigenvalue weighted by molar-refractivity contribution is -0.119. The molecule has 0 fully saturated rings. The van der Waals surface area contributed by atoms with Crippen molar-refractivity contribution in [3.05, 3.63) is 0 Å². The molecular formula is C8H17NO. The second-order valence-electron chi connectivity index (χ2n) is 3.23. The van der Waals surface area contributed by atoms with Crippen molar-refractivity contribution < 1.29 is 4.79 Å². The summed E-state index contributed by atoms with van der Waals surface area (Å²) in [5.41, 5.74) is 0. The topological polar surface area (TPSA) is 29.1 Å². The molecule has 0 saturated carbocycles. The van der Waals surface area contributed by atoms with Crippen LogP contribution in [0.1, 0.15) is 34.1 Å². The van der Waals surface area contributed by atoms with Crippen molar-refractivity contribution in [1.82, 2.24) is 5.32 Å². The van der Waals surface area contributed by atoms with Crippen LogP contribution in [0, 0.1) is 5.92 Å². The van der Waals surface area contributed by atoms with Gasteiger partial charge in [-0.1, -0.05) is 13.8 Å². The van der Waals surface area contributed by atoms with Crippen LogP contribution in [-0.4, -0.2) is 11.9 Å². The molecular weight excluding hydrogens is 126 g/mol. The first-order chi connectivity index (χ1) is 4.52. The molecule has 0 radical (unpaired) electrons. The average Bonchev–Trinajstić information content (AvgIpc) is 1.58. The molecule has 1 N–H and O–H groups in total. The summed E-state index contributed by atoms with van der Waals surface area (Å²) in [4.78, 5) is 10.5. The molecule has 0 spiro atoms. The van der Waals surface area contributed by atoms with Gasteiger partial charge in [0, 0.05) is 13.0 Å². The Morgan fingerprint density at radius 2 is 1.90 bits per heavy atom. The van der Waals surface area contributed by atoms with E-state index in [0.717, 1.165) is 6.42 Å². The Hall–Kier alpha value is -0.530. The fourth-order valence-corrected chi connectivity index (χ4v) is 1.11. The van der Waals surface area contributed by atoms with Gasteiger partial charge in [-0.2, -0.15) is 0 Å². The van der Waals surface area contributed by atoms with E-state index < -0.39 is 0 Å². The average molecular weight is 143 g/mol. The molecule has 0 rings (SSSR count). The molecule has 0 aliphatic heterocycles. The normalized spacial score (nSPS) is 13.3. The molecule has 0 aromatic heterocycles. The highest BCUT2D eigenvalue weighted by atomic mass is 16.1. The summed E-state index contributed by atoms with van der Waals surface area (Å²) < 4.78 is 0. The Morgan fingerprint density at radius 3 is 2.20 bits per heavy atom. The van der Waals surface area contributed by atoms with Crippen molar-refractivity contribution in [2.45, 2.75) is 40.2 Å². The second kappa shape index (κ2) is 4.31. The van der Waals surface area contributed by atoms with Crippen LogP contribution in [0.4, 0.5) is 0 Å². The van der Waals surface area contributed by atoms with E-state index in [1.54, 1.807) is 6.92 Å². The predicted octanol–water partition coefficient (Wildman–Crippen LogP) is 1.56. The molecule has 2 nitrogen and oxygen atoms in total. The molecule has 0 saturated heterocycles. The molecule has 0 bridgehead atoms. The lowest BCUT2D eigenvalue weighted by atomic mass is 10.1. The van der Waals surface area contributed by atoms with Crippen LogP contribution >= 0.6 is 0 Å². The minimum atomic E-state index is 0.0631. The number of carbonyl (C=O) groups excluding carboxylic acids is 1. The molecule has 0 aliphatic carbocycles. The van der Waals surface area contributed by atoms with Crippen molar-refractivity contribution in [3.8, 4) is 0 Å². The SMILES string of the molecule is CC(=O)N[C@H](C)CC(C)C. The highest BCUT2D eigenvalue weighted by Crippen LogP contribution is 2.02. The number of hydrogen-bond donors (Lipinski definition) is 1.